The summed E-state index contributed by atoms with van der Waals surface area (Å²) in [6, 6.07) is 10.5. The highest BCUT2D eigenvalue weighted by molar-refractivity contribution is 7.12. The van der Waals surface area contributed by atoms with E-state index in [1.807, 2.05) is 5.38 Å². The van der Waals surface area contributed by atoms with Gasteiger partial charge in [-0.25, -0.2) is 4.79 Å². The van der Waals surface area contributed by atoms with Crippen molar-refractivity contribution in [3.63, 3.8) is 0 Å². The number of nitrogens with one attached hydrogen (secondary N) is 2. The number of piperidine rings is 1. The Bertz CT molecular complexity index is 830. The first-order valence-corrected chi connectivity index (χ1v) is 10.1. The summed E-state index contributed by atoms with van der Waals surface area (Å²) >= 11 is 1.34. The number of anilines is 1. The van der Waals surface area contributed by atoms with E-state index >= 15 is 0 Å². The molecule has 2 aromatic rings. The maximum Gasteiger partial charge on any atom is 0.409 e. The molecule has 28 heavy (non-hydrogen) atoms. The van der Waals surface area contributed by atoms with Crippen molar-refractivity contribution in [2.75, 3.05) is 25.0 Å². The third-order valence-electron chi connectivity index (χ3n) is 4.52. The number of ether oxygens (including phenoxy) is 1. The van der Waals surface area contributed by atoms with E-state index in [1.165, 1.54) is 11.3 Å². The van der Waals surface area contributed by atoms with Crippen LogP contribution in [0.2, 0.25) is 0 Å². The minimum atomic E-state index is -0.311. The van der Waals surface area contributed by atoms with Gasteiger partial charge in [0.15, 0.2) is 0 Å². The summed E-state index contributed by atoms with van der Waals surface area (Å²) < 4.78 is 5.01. The minimum absolute atomic E-state index is 0.0285. The van der Waals surface area contributed by atoms with Crippen molar-refractivity contribution in [3.8, 4) is 0 Å². The van der Waals surface area contributed by atoms with Crippen LogP contribution in [0.4, 0.5) is 10.5 Å². The van der Waals surface area contributed by atoms with E-state index in [-0.39, 0.29) is 23.9 Å². The molecule has 1 fully saturated rings. The average Bonchev–Trinajstić information content (AvgIpc) is 3.24. The van der Waals surface area contributed by atoms with Crippen LogP contribution in [-0.2, 0) is 4.74 Å². The fourth-order valence-electron chi connectivity index (χ4n) is 3.07. The molecule has 0 unspecified atom stereocenters. The zero-order valence-electron chi connectivity index (χ0n) is 15.6. The van der Waals surface area contributed by atoms with Gasteiger partial charge in [-0.1, -0.05) is 18.2 Å². The van der Waals surface area contributed by atoms with Crippen LogP contribution in [0.3, 0.4) is 0 Å². The Kier molecular flexibility index (Phi) is 6.65. The van der Waals surface area contributed by atoms with Crippen molar-refractivity contribution < 1.29 is 19.1 Å². The molecule has 2 N–H and O–H groups in total. The second kappa shape index (κ2) is 9.36. The number of carbonyl (C=O) groups excluding carboxylic acids is 3. The monoisotopic (exact) mass is 401 g/mol. The van der Waals surface area contributed by atoms with E-state index in [9.17, 15) is 14.4 Å². The molecule has 0 bridgehead atoms. The molecular formula is C20H23N3O4S. The van der Waals surface area contributed by atoms with Crippen LogP contribution in [0, 0.1) is 0 Å². The second-order valence-corrected chi connectivity index (χ2v) is 7.36. The standard InChI is InChI=1S/C20H23N3O4S/c1-2-27-20(26)23-11-9-14(10-12-23)21-18(24)15-6-3-4-7-16(15)22-19(25)17-8-5-13-28-17/h3-8,13-14H,2,9-12H2,1H3,(H,21,24)(H,22,25). The van der Waals surface area contributed by atoms with Gasteiger partial charge in [-0.05, 0) is 43.3 Å². The highest BCUT2D eigenvalue weighted by Crippen LogP contribution is 2.19. The Morgan fingerprint density at radius 1 is 1.11 bits per heavy atom. The highest BCUT2D eigenvalue weighted by Gasteiger charge is 2.25. The lowest BCUT2D eigenvalue weighted by molar-refractivity contribution is 0.0860. The van der Waals surface area contributed by atoms with Crippen LogP contribution in [0.5, 0.6) is 0 Å². The summed E-state index contributed by atoms with van der Waals surface area (Å²) in [5.41, 5.74) is 0.891. The molecular weight excluding hydrogens is 378 g/mol. The van der Waals surface area contributed by atoms with Gasteiger partial charge in [-0.2, -0.15) is 0 Å². The number of para-hydroxylation sites is 1. The zero-order valence-corrected chi connectivity index (χ0v) is 16.5. The molecule has 0 atom stereocenters. The van der Waals surface area contributed by atoms with E-state index in [0.717, 1.165) is 0 Å². The predicted molar refractivity (Wildman–Crippen MR) is 108 cm³/mol. The smallest absolute Gasteiger partial charge is 0.409 e. The van der Waals surface area contributed by atoms with Crippen molar-refractivity contribution in [1.82, 2.24) is 10.2 Å². The molecule has 8 heteroatoms. The van der Waals surface area contributed by atoms with Crippen LogP contribution in [0.1, 0.15) is 39.8 Å². The highest BCUT2D eigenvalue weighted by atomic mass is 32.1. The molecule has 148 valence electrons. The van der Waals surface area contributed by atoms with Crippen LogP contribution < -0.4 is 10.6 Å². The van der Waals surface area contributed by atoms with Gasteiger partial charge in [0.05, 0.1) is 22.7 Å². The number of rotatable bonds is 5. The molecule has 3 amide bonds. The van der Waals surface area contributed by atoms with Gasteiger partial charge in [0, 0.05) is 19.1 Å². The number of likely N-dealkylation sites (tertiary alicyclic amines) is 1. The van der Waals surface area contributed by atoms with Gasteiger partial charge < -0.3 is 20.3 Å². The quantitative estimate of drug-likeness (QED) is 0.804. The van der Waals surface area contributed by atoms with E-state index in [1.54, 1.807) is 48.2 Å². The van der Waals surface area contributed by atoms with Crippen molar-refractivity contribution in [3.05, 3.63) is 52.2 Å². The van der Waals surface area contributed by atoms with E-state index in [0.29, 0.717) is 48.7 Å². The lowest BCUT2D eigenvalue weighted by atomic mass is 10.0. The summed E-state index contributed by atoms with van der Waals surface area (Å²) in [5.74, 6) is -0.477. The molecule has 7 nitrogen and oxygen atoms in total. The summed E-state index contributed by atoms with van der Waals surface area (Å²) in [5, 5.41) is 7.65. The third kappa shape index (κ3) is 4.89. The van der Waals surface area contributed by atoms with E-state index in [2.05, 4.69) is 10.6 Å². The van der Waals surface area contributed by atoms with E-state index < -0.39 is 0 Å². The lowest BCUT2D eigenvalue weighted by Crippen LogP contribution is -2.46. The number of hydrogen-bond donors (Lipinski definition) is 2. The first kappa shape index (κ1) is 19.9. The Hall–Kier alpha value is -2.87. The Morgan fingerprint density at radius 3 is 2.54 bits per heavy atom. The van der Waals surface area contributed by atoms with Crippen molar-refractivity contribution >= 4 is 34.9 Å². The van der Waals surface area contributed by atoms with Gasteiger partial charge in [0.1, 0.15) is 0 Å². The molecule has 0 radical (unpaired) electrons. The van der Waals surface area contributed by atoms with Crippen molar-refractivity contribution in [1.29, 1.82) is 0 Å². The SMILES string of the molecule is CCOC(=O)N1CCC(NC(=O)c2ccccc2NC(=O)c2cccs2)CC1. The normalized spacial score (nSPS) is 14.4. The van der Waals surface area contributed by atoms with Gasteiger partial charge in [-0.15, -0.1) is 11.3 Å². The molecule has 1 saturated heterocycles. The van der Waals surface area contributed by atoms with Gasteiger partial charge in [0.25, 0.3) is 11.8 Å². The summed E-state index contributed by atoms with van der Waals surface area (Å²) in [6.45, 7) is 3.21. The van der Waals surface area contributed by atoms with E-state index in [4.69, 9.17) is 4.74 Å². The molecule has 0 spiro atoms. The minimum Gasteiger partial charge on any atom is -0.450 e. The molecule has 1 aliphatic rings. The largest absolute Gasteiger partial charge is 0.450 e. The van der Waals surface area contributed by atoms with Gasteiger partial charge in [-0.3, -0.25) is 9.59 Å². The second-order valence-electron chi connectivity index (χ2n) is 6.41. The number of carbonyl (C=O) groups is 3. The lowest BCUT2D eigenvalue weighted by Gasteiger charge is -2.31. The molecule has 2 heterocycles. The average molecular weight is 401 g/mol. The fraction of sp³-hybridized carbons (Fsp3) is 0.350. The maximum absolute atomic E-state index is 12.8. The van der Waals surface area contributed by atoms with Gasteiger partial charge in [0.2, 0.25) is 0 Å². The van der Waals surface area contributed by atoms with Crippen LogP contribution in [-0.4, -0.2) is 48.5 Å². The van der Waals surface area contributed by atoms with Crippen LogP contribution in [0.25, 0.3) is 0 Å². The van der Waals surface area contributed by atoms with Crippen LogP contribution in [0.15, 0.2) is 41.8 Å². The number of nitrogens with zero attached hydrogens (tertiary/aromatic N) is 1. The van der Waals surface area contributed by atoms with Crippen LogP contribution >= 0.6 is 11.3 Å². The van der Waals surface area contributed by atoms with Crippen molar-refractivity contribution in [2.24, 2.45) is 0 Å². The third-order valence-corrected chi connectivity index (χ3v) is 5.39. The Morgan fingerprint density at radius 2 is 1.86 bits per heavy atom. The molecule has 1 aliphatic heterocycles. The molecule has 1 aromatic heterocycles. The Labute approximate surface area is 167 Å². The summed E-state index contributed by atoms with van der Waals surface area (Å²) in [6.07, 6.45) is 1.01. The first-order chi connectivity index (χ1) is 13.6. The summed E-state index contributed by atoms with van der Waals surface area (Å²) in [4.78, 5) is 39.1. The topological polar surface area (TPSA) is 87.7 Å². The first-order valence-electron chi connectivity index (χ1n) is 9.25. The molecule has 0 saturated carbocycles. The number of thiophene rings is 1. The number of amides is 3. The molecule has 0 aliphatic carbocycles. The molecule has 3 rings (SSSR count). The van der Waals surface area contributed by atoms with Crippen molar-refractivity contribution in [2.45, 2.75) is 25.8 Å². The predicted octanol–water partition coefficient (Wildman–Crippen LogP) is 3.35. The molecule has 1 aromatic carbocycles. The Balaban J connectivity index is 1.59. The fourth-order valence-corrected chi connectivity index (χ4v) is 3.69. The number of hydrogen-bond acceptors (Lipinski definition) is 5. The summed E-state index contributed by atoms with van der Waals surface area (Å²) in [7, 11) is 0. The van der Waals surface area contributed by atoms with Gasteiger partial charge >= 0.3 is 6.09 Å². The zero-order chi connectivity index (χ0) is 19.9. The maximum atomic E-state index is 12.8. The number of benzene rings is 1.